The third-order valence-electron chi connectivity index (χ3n) is 3.86. The summed E-state index contributed by atoms with van der Waals surface area (Å²) in [5, 5.41) is 2.97. The minimum absolute atomic E-state index is 0.0687. The lowest BCUT2D eigenvalue weighted by atomic mass is 10.1. The minimum atomic E-state index is 0.0687. The summed E-state index contributed by atoms with van der Waals surface area (Å²) in [6.45, 7) is 7.85. The molecular formula is C17H24N2O2. The van der Waals surface area contributed by atoms with Gasteiger partial charge in [-0.05, 0) is 49.4 Å². The van der Waals surface area contributed by atoms with Crippen LogP contribution in [0.5, 0.6) is 0 Å². The van der Waals surface area contributed by atoms with Gasteiger partial charge in [-0.1, -0.05) is 13.8 Å². The van der Waals surface area contributed by atoms with Gasteiger partial charge in [0.2, 0.25) is 5.91 Å². The van der Waals surface area contributed by atoms with Crippen molar-refractivity contribution in [1.82, 2.24) is 5.32 Å². The molecule has 1 aromatic carbocycles. The molecule has 0 bridgehead atoms. The van der Waals surface area contributed by atoms with Gasteiger partial charge in [-0.25, -0.2) is 0 Å². The lowest BCUT2D eigenvalue weighted by Gasteiger charge is -2.19. The number of carbonyl (C=O) groups excluding carboxylic acids is 2. The highest BCUT2D eigenvalue weighted by molar-refractivity contribution is 5.95. The minimum Gasteiger partial charge on any atom is -0.362 e. The first-order valence-corrected chi connectivity index (χ1v) is 7.63. The predicted octanol–water partition coefficient (Wildman–Crippen LogP) is 2.41. The summed E-state index contributed by atoms with van der Waals surface area (Å²) in [7, 11) is 0. The zero-order valence-electron chi connectivity index (χ0n) is 13.1. The second-order valence-electron chi connectivity index (χ2n) is 6.10. The highest BCUT2D eigenvalue weighted by Gasteiger charge is 2.21. The average molecular weight is 288 g/mol. The summed E-state index contributed by atoms with van der Waals surface area (Å²) >= 11 is 0. The standard InChI is InChI=1S/C17H24N2O2/c1-12(2)6-8-18-17(21)11-19-9-7-15-10-14(13(3)20)4-5-16(15)19/h4-5,10,12H,6-9,11H2,1-3H3,(H,18,21). The second-order valence-corrected chi connectivity index (χ2v) is 6.10. The summed E-state index contributed by atoms with van der Waals surface area (Å²) in [4.78, 5) is 25.4. The molecule has 1 aliphatic heterocycles. The second kappa shape index (κ2) is 6.74. The van der Waals surface area contributed by atoms with Crippen molar-refractivity contribution in [1.29, 1.82) is 0 Å². The number of benzene rings is 1. The molecule has 4 heteroatoms. The van der Waals surface area contributed by atoms with Crippen LogP contribution >= 0.6 is 0 Å². The normalized spacial score (nSPS) is 13.4. The molecule has 21 heavy (non-hydrogen) atoms. The van der Waals surface area contributed by atoms with E-state index in [2.05, 4.69) is 24.1 Å². The van der Waals surface area contributed by atoms with E-state index in [0.29, 0.717) is 12.5 Å². The van der Waals surface area contributed by atoms with Crippen LogP contribution in [0.1, 0.15) is 43.1 Å². The molecule has 1 aliphatic rings. The molecule has 0 spiro atoms. The van der Waals surface area contributed by atoms with Gasteiger partial charge in [0.1, 0.15) is 0 Å². The molecule has 114 valence electrons. The van der Waals surface area contributed by atoms with Gasteiger partial charge >= 0.3 is 0 Å². The van der Waals surface area contributed by atoms with Gasteiger partial charge in [0.15, 0.2) is 5.78 Å². The number of hydrogen-bond donors (Lipinski definition) is 1. The number of nitrogens with one attached hydrogen (secondary N) is 1. The summed E-state index contributed by atoms with van der Waals surface area (Å²) in [6, 6.07) is 5.75. The number of nitrogens with zero attached hydrogens (tertiary/aromatic N) is 1. The lowest BCUT2D eigenvalue weighted by Crippen LogP contribution is -2.37. The Balaban J connectivity index is 1.93. The molecule has 2 rings (SSSR count). The van der Waals surface area contributed by atoms with Crippen molar-refractivity contribution < 1.29 is 9.59 Å². The fourth-order valence-electron chi connectivity index (χ4n) is 2.58. The van der Waals surface area contributed by atoms with Crippen molar-refractivity contribution in [2.45, 2.75) is 33.6 Å². The Morgan fingerprint density at radius 1 is 1.33 bits per heavy atom. The van der Waals surface area contributed by atoms with E-state index < -0.39 is 0 Å². The third kappa shape index (κ3) is 4.06. The Bertz CT molecular complexity index is 538. The first kappa shape index (κ1) is 15.5. The molecule has 0 saturated heterocycles. The van der Waals surface area contributed by atoms with E-state index in [1.165, 1.54) is 0 Å². The van der Waals surface area contributed by atoms with Crippen LogP contribution in [0.15, 0.2) is 18.2 Å². The Morgan fingerprint density at radius 3 is 2.76 bits per heavy atom. The number of amides is 1. The molecular weight excluding hydrogens is 264 g/mol. The van der Waals surface area contributed by atoms with Crippen LogP contribution in [-0.2, 0) is 11.2 Å². The van der Waals surface area contributed by atoms with Gasteiger partial charge in [-0.15, -0.1) is 0 Å². The molecule has 4 nitrogen and oxygen atoms in total. The number of anilines is 1. The number of fused-ring (bicyclic) bond motifs is 1. The molecule has 0 atom stereocenters. The van der Waals surface area contributed by atoms with E-state index in [1.54, 1.807) is 6.92 Å². The van der Waals surface area contributed by atoms with E-state index in [9.17, 15) is 9.59 Å². The van der Waals surface area contributed by atoms with Gasteiger partial charge in [0.25, 0.3) is 0 Å². The lowest BCUT2D eigenvalue weighted by molar-refractivity contribution is -0.119. The summed E-state index contributed by atoms with van der Waals surface area (Å²) in [6.07, 6.45) is 1.90. The zero-order valence-corrected chi connectivity index (χ0v) is 13.1. The molecule has 0 radical (unpaired) electrons. The Hall–Kier alpha value is -1.84. The maximum absolute atomic E-state index is 12.0. The first-order chi connectivity index (χ1) is 9.97. The molecule has 0 aromatic heterocycles. The maximum Gasteiger partial charge on any atom is 0.239 e. The van der Waals surface area contributed by atoms with Crippen LogP contribution in [0.3, 0.4) is 0 Å². The molecule has 1 aromatic rings. The maximum atomic E-state index is 12.0. The smallest absolute Gasteiger partial charge is 0.239 e. The Labute approximate surface area is 126 Å². The molecule has 1 amide bonds. The fourth-order valence-corrected chi connectivity index (χ4v) is 2.58. The van der Waals surface area contributed by atoms with Crippen molar-refractivity contribution in [3.8, 4) is 0 Å². The van der Waals surface area contributed by atoms with Crippen molar-refractivity contribution in [2.75, 3.05) is 24.5 Å². The third-order valence-corrected chi connectivity index (χ3v) is 3.86. The van der Waals surface area contributed by atoms with Crippen molar-refractivity contribution in [3.63, 3.8) is 0 Å². The van der Waals surface area contributed by atoms with Crippen LogP contribution < -0.4 is 10.2 Å². The quantitative estimate of drug-likeness (QED) is 0.818. The highest BCUT2D eigenvalue weighted by Crippen LogP contribution is 2.28. The Kier molecular flexibility index (Phi) is 4.99. The van der Waals surface area contributed by atoms with Crippen molar-refractivity contribution in [3.05, 3.63) is 29.3 Å². The monoisotopic (exact) mass is 288 g/mol. The number of hydrogen-bond acceptors (Lipinski definition) is 3. The van der Waals surface area contributed by atoms with Crippen molar-refractivity contribution >= 4 is 17.4 Å². The van der Waals surface area contributed by atoms with Gasteiger partial charge in [-0.3, -0.25) is 9.59 Å². The SMILES string of the molecule is CC(=O)c1ccc2c(c1)CCN2CC(=O)NCCC(C)C. The molecule has 1 N–H and O–H groups in total. The van der Waals surface area contributed by atoms with E-state index in [4.69, 9.17) is 0 Å². The molecule has 1 heterocycles. The van der Waals surface area contributed by atoms with E-state index >= 15 is 0 Å². The van der Waals surface area contributed by atoms with Crippen LogP contribution in [0.25, 0.3) is 0 Å². The predicted molar refractivity (Wildman–Crippen MR) is 84.8 cm³/mol. The van der Waals surface area contributed by atoms with Gasteiger partial charge < -0.3 is 10.2 Å². The van der Waals surface area contributed by atoms with E-state index in [0.717, 1.165) is 42.7 Å². The van der Waals surface area contributed by atoms with Crippen LogP contribution in [-0.4, -0.2) is 31.3 Å². The summed E-state index contributed by atoms with van der Waals surface area (Å²) < 4.78 is 0. The number of carbonyl (C=O) groups is 2. The van der Waals surface area contributed by atoms with E-state index in [-0.39, 0.29) is 11.7 Å². The summed E-state index contributed by atoms with van der Waals surface area (Å²) in [5.41, 5.74) is 2.99. The molecule has 0 saturated carbocycles. The molecule has 0 unspecified atom stereocenters. The highest BCUT2D eigenvalue weighted by atomic mass is 16.2. The summed E-state index contributed by atoms with van der Waals surface area (Å²) in [5.74, 6) is 0.754. The van der Waals surface area contributed by atoms with Crippen LogP contribution in [0, 0.1) is 5.92 Å². The molecule has 0 aliphatic carbocycles. The topological polar surface area (TPSA) is 49.4 Å². The number of Topliss-reactive ketones (excluding diaryl/α,β-unsaturated/α-hetero) is 1. The number of rotatable bonds is 6. The zero-order chi connectivity index (χ0) is 15.4. The average Bonchev–Trinajstić information content (AvgIpc) is 2.80. The van der Waals surface area contributed by atoms with Crippen LogP contribution in [0.2, 0.25) is 0 Å². The first-order valence-electron chi connectivity index (χ1n) is 7.63. The fraction of sp³-hybridized carbons (Fsp3) is 0.529. The van der Waals surface area contributed by atoms with E-state index in [1.807, 2.05) is 18.2 Å². The molecule has 0 fully saturated rings. The van der Waals surface area contributed by atoms with Crippen molar-refractivity contribution in [2.24, 2.45) is 5.92 Å². The Morgan fingerprint density at radius 2 is 2.10 bits per heavy atom. The number of ketones is 1. The van der Waals surface area contributed by atoms with Crippen LogP contribution in [0.4, 0.5) is 5.69 Å². The van der Waals surface area contributed by atoms with Gasteiger partial charge in [-0.2, -0.15) is 0 Å². The largest absolute Gasteiger partial charge is 0.362 e. The van der Waals surface area contributed by atoms with Gasteiger partial charge in [0.05, 0.1) is 6.54 Å². The van der Waals surface area contributed by atoms with Gasteiger partial charge in [0, 0.05) is 24.3 Å².